The van der Waals surface area contributed by atoms with Crippen molar-refractivity contribution in [3.63, 3.8) is 0 Å². The largest absolute Gasteiger partial charge is 0.504 e. The zero-order valence-electron chi connectivity index (χ0n) is 11.4. The van der Waals surface area contributed by atoms with Crippen molar-refractivity contribution in [3.8, 4) is 11.5 Å². The van der Waals surface area contributed by atoms with Crippen molar-refractivity contribution in [1.29, 1.82) is 0 Å². The zero-order chi connectivity index (χ0) is 14.5. The number of phenolic OH excluding ortho intramolecular Hbond substituents is 1. The van der Waals surface area contributed by atoms with Crippen LogP contribution < -0.4 is 10.1 Å². The van der Waals surface area contributed by atoms with E-state index in [2.05, 4.69) is 10.3 Å². The van der Waals surface area contributed by atoms with Gasteiger partial charge in [0.2, 0.25) is 0 Å². The third-order valence-corrected chi connectivity index (χ3v) is 3.34. The number of halogens is 1. The van der Waals surface area contributed by atoms with Crippen LogP contribution in [0, 0.1) is 0 Å². The van der Waals surface area contributed by atoms with Gasteiger partial charge in [-0.15, -0.1) is 0 Å². The molecule has 0 radical (unpaired) electrons. The third kappa shape index (κ3) is 3.40. The van der Waals surface area contributed by atoms with Gasteiger partial charge in [-0.1, -0.05) is 17.7 Å². The Hall–Kier alpha value is -1.78. The molecule has 2 aromatic rings. The van der Waals surface area contributed by atoms with E-state index >= 15 is 0 Å². The quantitative estimate of drug-likeness (QED) is 0.888. The molecule has 4 nitrogen and oxygen atoms in total. The smallest absolute Gasteiger partial charge is 0.162 e. The van der Waals surface area contributed by atoms with Gasteiger partial charge in [-0.3, -0.25) is 4.98 Å². The number of rotatable bonds is 5. The van der Waals surface area contributed by atoms with E-state index in [0.29, 0.717) is 22.9 Å². The number of hydrogen-bond acceptors (Lipinski definition) is 4. The molecule has 0 saturated heterocycles. The molecule has 1 unspecified atom stereocenters. The van der Waals surface area contributed by atoms with Crippen LogP contribution in [-0.2, 0) is 6.54 Å². The molecule has 2 N–H and O–H groups in total. The first-order valence-electron chi connectivity index (χ1n) is 6.30. The Balaban J connectivity index is 2.09. The van der Waals surface area contributed by atoms with Crippen LogP contribution in [-0.4, -0.2) is 17.2 Å². The second kappa shape index (κ2) is 6.59. The number of aromatic hydroxyl groups is 1. The number of pyridine rings is 1. The van der Waals surface area contributed by atoms with Gasteiger partial charge >= 0.3 is 0 Å². The monoisotopic (exact) mass is 292 g/mol. The van der Waals surface area contributed by atoms with E-state index in [4.69, 9.17) is 16.3 Å². The molecular weight excluding hydrogens is 276 g/mol. The first kappa shape index (κ1) is 14.6. The average molecular weight is 293 g/mol. The summed E-state index contributed by atoms with van der Waals surface area (Å²) in [6.45, 7) is 2.52. The average Bonchev–Trinajstić information content (AvgIpc) is 2.48. The van der Waals surface area contributed by atoms with Crippen LogP contribution in [0.5, 0.6) is 11.5 Å². The molecule has 2 rings (SSSR count). The van der Waals surface area contributed by atoms with Crippen molar-refractivity contribution < 1.29 is 9.84 Å². The summed E-state index contributed by atoms with van der Waals surface area (Å²) < 4.78 is 5.09. The predicted molar refractivity (Wildman–Crippen MR) is 79.2 cm³/mol. The van der Waals surface area contributed by atoms with Gasteiger partial charge in [0.15, 0.2) is 11.5 Å². The fourth-order valence-electron chi connectivity index (χ4n) is 1.93. The maximum Gasteiger partial charge on any atom is 0.162 e. The number of methoxy groups -OCH3 is 1. The Labute approximate surface area is 123 Å². The molecule has 0 amide bonds. The number of benzene rings is 1. The van der Waals surface area contributed by atoms with Crippen LogP contribution in [0.25, 0.3) is 0 Å². The summed E-state index contributed by atoms with van der Waals surface area (Å²) in [7, 11) is 1.50. The number of ether oxygens (including phenoxy) is 1. The van der Waals surface area contributed by atoms with Crippen LogP contribution >= 0.6 is 11.6 Å². The molecule has 1 aromatic carbocycles. The Morgan fingerprint density at radius 1 is 1.45 bits per heavy atom. The van der Waals surface area contributed by atoms with Crippen LogP contribution in [0.2, 0.25) is 5.02 Å². The van der Waals surface area contributed by atoms with E-state index in [1.54, 1.807) is 18.3 Å². The molecule has 20 heavy (non-hydrogen) atoms. The van der Waals surface area contributed by atoms with Crippen molar-refractivity contribution in [1.82, 2.24) is 10.3 Å². The molecule has 1 heterocycles. The highest BCUT2D eigenvalue weighted by molar-refractivity contribution is 6.30. The molecule has 1 aromatic heterocycles. The Morgan fingerprint density at radius 3 is 2.90 bits per heavy atom. The lowest BCUT2D eigenvalue weighted by atomic mass is 10.1. The summed E-state index contributed by atoms with van der Waals surface area (Å²) in [5.74, 6) is 0.492. The minimum atomic E-state index is 0.114. The van der Waals surface area contributed by atoms with Crippen LogP contribution in [0.1, 0.15) is 24.1 Å². The lowest BCUT2D eigenvalue weighted by Gasteiger charge is -2.15. The van der Waals surface area contributed by atoms with E-state index in [0.717, 1.165) is 5.56 Å². The van der Waals surface area contributed by atoms with Gasteiger partial charge in [-0.2, -0.15) is 0 Å². The molecule has 0 saturated carbocycles. The highest BCUT2D eigenvalue weighted by Gasteiger charge is 2.11. The fraction of sp³-hybridized carbons (Fsp3) is 0.267. The first-order valence-corrected chi connectivity index (χ1v) is 6.68. The maximum atomic E-state index is 10.1. The maximum absolute atomic E-state index is 10.1. The molecule has 0 bridgehead atoms. The molecule has 106 valence electrons. The highest BCUT2D eigenvalue weighted by atomic mass is 35.5. The minimum Gasteiger partial charge on any atom is -0.504 e. The molecule has 1 atom stereocenters. The summed E-state index contributed by atoms with van der Waals surface area (Å²) in [4.78, 5) is 4.09. The lowest BCUT2D eigenvalue weighted by Crippen LogP contribution is -2.18. The Kier molecular flexibility index (Phi) is 4.82. The van der Waals surface area contributed by atoms with Gasteiger partial charge in [0.25, 0.3) is 0 Å². The number of nitrogens with zero attached hydrogens (tertiary/aromatic N) is 1. The SMILES string of the molecule is COc1cc(Cl)cc(CNC(C)c2cccnc2)c1O. The number of aromatic nitrogens is 1. The molecule has 0 aliphatic carbocycles. The fourth-order valence-corrected chi connectivity index (χ4v) is 2.16. The van der Waals surface area contributed by atoms with Crippen LogP contribution in [0.3, 0.4) is 0 Å². The number of nitrogens with one attached hydrogen (secondary N) is 1. The van der Waals surface area contributed by atoms with Crippen molar-refractivity contribution in [2.75, 3.05) is 7.11 Å². The van der Waals surface area contributed by atoms with Crippen molar-refractivity contribution in [2.45, 2.75) is 19.5 Å². The van der Waals surface area contributed by atoms with Gasteiger partial charge in [0.1, 0.15) is 0 Å². The van der Waals surface area contributed by atoms with Gasteiger partial charge in [-0.05, 0) is 24.6 Å². The van der Waals surface area contributed by atoms with Gasteiger partial charge < -0.3 is 15.2 Å². The van der Waals surface area contributed by atoms with Crippen molar-refractivity contribution in [2.24, 2.45) is 0 Å². The lowest BCUT2D eigenvalue weighted by molar-refractivity contribution is 0.369. The zero-order valence-corrected chi connectivity index (χ0v) is 12.2. The topological polar surface area (TPSA) is 54.4 Å². The number of phenols is 1. The third-order valence-electron chi connectivity index (χ3n) is 3.12. The molecular formula is C15H17ClN2O2. The van der Waals surface area contributed by atoms with Gasteiger partial charge in [0.05, 0.1) is 7.11 Å². The molecule has 5 heteroatoms. The minimum absolute atomic E-state index is 0.114. The summed E-state index contributed by atoms with van der Waals surface area (Å²) in [6.07, 6.45) is 3.56. The summed E-state index contributed by atoms with van der Waals surface area (Å²) in [6, 6.07) is 7.33. The van der Waals surface area contributed by atoms with E-state index in [9.17, 15) is 5.11 Å². The summed E-state index contributed by atoms with van der Waals surface area (Å²) in [5, 5.41) is 13.9. The first-order chi connectivity index (χ1) is 9.61. The molecule has 0 aliphatic rings. The standard InChI is InChI=1S/C15H17ClN2O2/c1-10(11-4-3-5-17-8-11)18-9-12-6-13(16)7-14(20-2)15(12)19/h3-8,10,18-19H,9H2,1-2H3. The van der Waals surface area contributed by atoms with Gasteiger partial charge in [0, 0.05) is 41.6 Å². The van der Waals surface area contributed by atoms with E-state index in [1.807, 2.05) is 25.3 Å². The second-order valence-electron chi connectivity index (χ2n) is 4.50. The predicted octanol–water partition coefficient (Wildman–Crippen LogP) is 3.30. The second-order valence-corrected chi connectivity index (χ2v) is 4.94. The Morgan fingerprint density at radius 2 is 2.25 bits per heavy atom. The highest BCUT2D eigenvalue weighted by Crippen LogP contribution is 2.33. The van der Waals surface area contributed by atoms with E-state index in [-0.39, 0.29) is 11.8 Å². The molecule has 0 fully saturated rings. The van der Waals surface area contributed by atoms with E-state index < -0.39 is 0 Å². The van der Waals surface area contributed by atoms with Crippen LogP contribution in [0.15, 0.2) is 36.7 Å². The number of hydrogen-bond donors (Lipinski definition) is 2. The van der Waals surface area contributed by atoms with Crippen LogP contribution in [0.4, 0.5) is 0 Å². The Bertz CT molecular complexity index is 576. The van der Waals surface area contributed by atoms with E-state index in [1.165, 1.54) is 7.11 Å². The van der Waals surface area contributed by atoms with Crippen molar-refractivity contribution >= 4 is 11.6 Å². The summed E-state index contributed by atoms with van der Waals surface area (Å²) in [5.41, 5.74) is 1.78. The molecule has 0 spiro atoms. The van der Waals surface area contributed by atoms with Gasteiger partial charge in [-0.25, -0.2) is 0 Å². The molecule has 0 aliphatic heterocycles. The normalized spacial score (nSPS) is 12.2. The summed E-state index contributed by atoms with van der Waals surface area (Å²) >= 11 is 6.00. The van der Waals surface area contributed by atoms with Crippen molar-refractivity contribution in [3.05, 3.63) is 52.8 Å².